The van der Waals surface area contributed by atoms with Gasteiger partial charge >= 0.3 is 0 Å². The average Bonchev–Trinajstić information content (AvgIpc) is 2.94. The zero-order chi connectivity index (χ0) is 15.7. The standard InChI is InChI=1S/C16H16ClN3O2/c1-3-22-16(21)13-7-18-14-5-4-11(6-12(14)15(13)17)20-8-10(2)19-9-20/h4-9,16,21H,3H2,1-2H3. The average molecular weight is 318 g/mol. The number of pyridine rings is 1. The molecule has 0 aliphatic heterocycles. The molecule has 1 unspecified atom stereocenters. The van der Waals surface area contributed by atoms with Crippen molar-refractivity contribution in [2.24, 2.45) is 0 Å². The number of halogens is 1. The quantitative estimate of drug-likeness (QED) is 0.749. The summed E-state index contributed by atoms with van der Waals surface area (Å²) in [4.78, 5) is 8.56. The van der Waals surface area contributed by atoms with Crippen LogP contribution in [0.15, 0.2) is 36.9 Å². The Hall–Kier alpha value is -1.95. The molecule has 1 N–H and O–H groups in total. The SMILES string of the molecule is CCOC(O)c1cnc2ccc(-n3cnc(C)c3)cc2c1Cl. The molecule has 2 aromatic heterocycles. The molecule has 0 saturated carbocycles. The Morgan fingerprint density at radius 2 is 2.18 bits per heavy atom. The highest BCUT2D eigenvalue weighted by molar-refractivity contribution is 6.36. The van der Waals surface area contributed by atoms with E-state index < -0.39 is 6.29 Å². The van der Waals surface area contributed by atoms with E-state index in [0.29, 0.717) is 17.2 Å². The normalized spacial score (nSPS) is 12.7. The number of fused-ring (bicyclic) bond motifs is 1. The number of hydrogen-bond donors (Lipinski definition) is 1. The summed E-state index contributed by atoms with van der Waals surface area (Å²) in [6.07, 6.45) is 4.15. The van der Waals surface area contributed by atoms with Gasteiger partial charge in [0, 0.05) is 35.6 Å². The van der Waals surface area contributed by atoms with Crippen molar-refractivity contribution in [1.29, 1.82) is 0 Å². The Kier molecular flexibility index (Phi) is 4.11. The first kappa shape index (κ1) is 15.0. The molecule has 22 heavy (non-hydrogen) atoms. The van der Waals surface area contributed by atoms with Crippen LogP contribution in [-0.4, -0.2) is 26.2 Å². The van der Waals surface area contributed by atoms with Crippen molar-refractivity contribution in [3.8, 4) is 5.69 Å². The van der Waals surface area contributed by atoms with E-state index in [1.807, 2.05) is 42.8 Å². The Morgan fingerprint density at radius 3 is 2.86 bits per heavy atom. The number of ether oxygens (including phenoxy) is 1. The van der Waals surface area contributed by atoms with Gasteiger partial charge in [-0.3, -0.25) is 4.98 Å². The van der Waals surface area contributed by atoms with Gasteiger partial charge in [0.1, 0.15) is 0 Å². The van der Waals surface area contributed by atoms with E-state index in [-0.39, 0.29) is 0 Å². The molecule has 114 valence electrons. The van der Waals surface area contributed by atoms with E-state index in [9.17, 15) is 5.11 Å². The highest BCUT2D eigenvalue weighted by Gasteiger charge is 2.15. The first-order valence-corrected chi connectivity index (χ1v) is 7.36. The minimum Gasteiger partial charge on any atom is -0.364 e. The fraction of sp³-hybridized carbons (Fsp3) is 0.250. The third kappa shape index (κ3) is 2.70. The lowest BCUT2D eigenvalue weighted by Crippen LogP contribution is -2.04. The lowest BCUT2D eigenvalue weighted by Gasteiger charge is -2.14. The molecule has 0 aliphatic rings. The van der Waals surface area contributed by atoms with Crippen LogP contribution in [0.3, 0.4) is 0 Å². The highest BCUT2D eigenvalue weighted by Crippen LogP contribution is 2.31. The first-order chi connectivity index (χ1) is 10.6. The molecule has 0 fully saturated rings. The van der Waals surface area contributed by atoms with Crippen LogP contribution in [0.25, 0.3) is 16.6 Å². The maximum Gasteiger partial charge on any atom is 0.184 e. The molecule has 3 rings (SSSR count). The third-order valence-electron chi connectivity index (χ3n) is 3.41. The molecular formula is C16H16ClN3O2. The fourth-order valence-corrected chi connectivity index (χ4v) is 2.60. The molecule has 0 amide bonds. The van der Waals surface area contributed by atoms with Crippen LogP contribution in [0.1, 0.15) is 24.5 Å². The van der Waals surface area contributed by atoms with Gasteiger partial charge in [0.15, 0.2) is 6.29 Å². The molecule has 0 aliphatic carbocycles. The van der Waals surface area contributed by atoms with E-state index in [4.69, 9.17) is 16.3 Å². The van der Waals surface area contributed by atoms with Gasteiger partial charge in [-0.05, 0) is 32.0 Å². The number of aliphatic hydroxyl groups excluding tert-OH is 1. The summed E-state index contributed by atoms with van der Waals surface area (Å²) in [5.41, 5.74) is 3.10. The Labute approximate surface area is 133 Å². The van der Waals surface area contributed by atoms with Crippen LogP contribution >= 0.6 is 11.6 Å². The van der Waals surface area contributed by atoms with Crippen LogP contribution in [0, 0.1) is 6.92 Å². The van der Waals surface area contributed by atoms with Crippen molar-refractivity contribution in [3.05, 3.63) is 53.2 Å². The van der Waals surface area contributed by atoms with E-state index in [0.717, 1.165) is 22.3 Å². The van der Waals surface area contributed by atoms with Gasteiger partial charge in [-0.1, -0.05) is 11.6 Å². The predicted molar refractivity (Wildman–Crippen MR) is 85.2 cm³/mol. The molecule has 0 spiro atoms. The van der Waals surface area contributed by atoms with Gasteiger partial charge < -0.3 is 14.4 Å². The zero-order valence-electron chi connectivity index (χ0n) is 12.3. The molecule has 5 nitrogen and oxygen atoms in total. The number of aromatic nitrogens is 3. The maximum absolute atomic E-state index is 9.99. The van der Waals surface area contributed by atoms with Crippen molar-refractivity contribution in [1.82, 2.24) is 14.5 Å². The van der Waals surface area contributed by atoms with Crippen LogP contribution in [-0.2, 0) is 4.74 Å². The second-order valence-corrected chi connectivity index (χ2v) is 5.34. The lowest BCUT2D eigenvalue weighted by atomic mass is 10.1. The minimum absolute atomic E-state index is 0.393. The van der Waals surface area contributed by atoms with Crippen molar-refractivity contribution < 1.29 is 9.84 Å². The van der Waals surface area contributed by atoms with Crippen molar-refractivity contribution in [2.45, 2.75) is 20.1 Å². The van der Waals surface area contributed by atoms with Crippen molar-refractivity contribution in [3.63, 3.8) is 0 Å². The molecule has 2 heterocycles. The van der Waals surface area contributed by atoms with E-state index in [2.05, 4.69) is 9.97 Å². The number of benzene rings is 1. The number of rotatable bonds is 4. The van der Waals surface area contributed by atoms with Crippen LogP contribution in [0.2, 0.25) is 5.02 Å². The molecule has 0 saturated heterocycles. The number of nitrogens with zero attached hydrogens (tertiary/aromatic N) is 3. The van der Waals surface area contributed by atoms with E-state index >= 15 is 0 Å². The summed E-state index contributed by atoms with van der Waals surface area (Å²) in [7, 11) is 0. The molecular weight excluding hydrogens is 302 g/mol. The molecule has 3 aromatic rings. The maximum atomic E-state index is 9.99. The number of imidazole rings is 1. The van der Waals surface area contributed by atoms with Crippen LogP contribution in [0.4, 0.5) is 0 Å². The van der Waals surface area contributed by atoms with Crippen molar-refractivity contribution in [2.75, 3.05) is 6.61 Å². The smallest absolute Gasteiger partial charge is 0.184 e. The number of aliphatic hydroxyl groups is 1. The topological polar surface area (TPSA) is 60.2 Å². The Balaban J connectivity index is 2.11. The summed E-state index contributed by atoms with van der Waals surface area (Å²) < 4.78 is 7.11. The zero-order valence-corrected chi connectivity index (χ0v) is 13.1. The summed E-state index contributed by atoms with van der Waals surface area (Å²) in [5.74, 6) is 0. The molecule has 0 radical (unpaired) electrons. The molecule has 6 heteroatoms. The number of aryl methyl sites for hydroxylation is 1. The van der Waals surface area contributed by atoms with E-state index in [1.54, 1.807) is 12.5 Å². The van der Waals surface area contributed by atoms with Gasteiger partial charge in [-0.25, -0.2) is 4.98 Å². The minimum atomic E-state index is -1.08. The first-order valence-electron chi connectivity index (χ1n) is 6.99. The van der Waals surface area contributed by atoms with Crippen LogP contribution in [0.5, 0.6) is 0 Å². The Bertz CT molecular complexity index is 816. The van der Waals surface area contributed by atoms with Crippen molar-refractivity contribution >= 4 is 22.5 Å². The monoisotopic (exact) mass is 317 g/mol. The molecule has 0 bridgehead atoms. The predicted octanol–water partition coefficient (Wildman–Crippen LogP) is 3.41. The fourth-order valence-electron chi connectivity index (χ4n) is 2.31. The lowest BCUT2D eigenvalue weighted by molar-refractivity contribution is -0.0979. The molecule has 1 atom stereocenters. The van der Waals surface area contributed by atoms with Gasteiger partial charge in [0.05, 0.1) is 22.6 Å². The van der Waals surface area contributed by atoms with Gasteiger partial charge in [-0.2, -0.15) is 0 Å². The second kappa shape index (κ2) is 6.04. The van der Waals surface area contributed by atoms with Gasteiger partial charge in [0.25, 0.3) is 0 Å². The highest BCUT2D eigenvalue weighted by atomic mass is 35.5. The molecule has 1 aromatic carbocycles. The van der Waals surface area contributed by atoms with Gasteiger partial charge in [-0.15, -0.1) is 0 Å². The number of hydrogen-bond acceptors (Lipinski definition) is 4. The summed E-state index contributed by atoms with van der Waals surface area (Å²) in [6, 6.07) is 5.77. The summed E-state index contributed by atoms with van der Waals surface area (Å²) in [5, 5.41) is 11.2. The summed E-state index contributed by atoms with van der Waals surface area (Å²) in [6.45, 7) is 4.14. The van der Waals surface area contributed by atoms with Crippen LogP contribution < -0.4 is 0 Å². The third-order valence-corrected chi connectivity index (χ3v) is 3.84. The largest absolute Gasteiger partial charge is 0.364 e. The van der Waals surface area contributed by atoms with Gasteiger partial charge in [0.2, 0.25) is 0 Å². The second-order valence-electron chi connectivity index (χ2n) is 4.96. The Morgan fingerprint density at radius 1 is 1.36 bits per heavy atom. The summed E-state index contributed by atoms with van der Waals surface area (Å²) >= 11 is 6.43. The van der Waals surface area contributed by atoms with E-state index in [1.165, 1.54) is 0 Å².